The summed E-state index contributed by atoms with van der Waals surface area (Å²) in [6, 6.07) is 5.41. The molecule has 0 radical (unpaired) electrons. The zero-order valence-electron chi connectivity index (χ0n) is 16.2. The Hall–Kier alpha value is -1.07. The van der Waals surface area contributed by atoms with Crippen molar-refractivity contribution in [1.82, 2.24) is 15.5 Å². The largest absolute Gasteiger partial charge is 0.416 e. The van der Waals surface area contributed by atoms with Gasteiger partial charge in [-0.2, -0.15) is 13.2 Å². The molecule has 160 valence electrons. The van der Waals surface area contributed by atoms with Crippen molar-refractivity contribution in [2.45, 2.75) is 25.4 Å². The van der Waals surface area contributed by atoms with Gasteiger partial charge in [0.2, 0.25) is 0 Å². The van der Waals surface area contributed by atoms with Gasteiger partial charge in [-0.3, -0.25) is 9.89 Å². The topological polar surface area (TPSA) is 48.9 Å². The van der Waals surface area contributed by atoms with Gasteiger partial charge in [-0.25, -0.2) is 0 Å². The second-order valence-corrected chi connectivity index (χ2v) is 6.53. The lowest BCUT2D eigenvalue weighted by Crippen LogP contribution is -2.44. The molecule has 1 aliphatic heterocycles. The number of alkyl halides is 3. The molecule has 9 heteroatoms. The Kier molecular flexibility index (Phi) is 11.8. The Labute approximate surface area is 182 Å². The van der Waals surface area contributed by atoms with Gasteiger partial charge in [0.05, 0.1) is 18.8 Å². The van der Waals surface area contributed by atoms with Crippen molar-refractivity contribution in [3.8, 4) is 0 Å². The number of guanidine groups is 1. The molecule has 1 aromatic rings. The number of halogens is 4. The van der Waals surface area contributed by atoms with Crippen LogP contribution < -0.4 is 10.6 Å². The van der Waals surface area contributed by atoms with Crippen molar-refractivity contribution < 1.29 is 17.9 Å². The lowest BCUT2D eigenvalue weighted by Gasteiger charge is -2.26. The molecular formula is C19H30F3IN4O. The smallest absolute Gasteiger partial charge is 0.379 e. The van der Waals surface area contributed by atoms with Crippen molar-refractivity contribution in [2.24, 2.45) is 4.99 Å². The Morgan fingerprint density at radius 3 is 2.32 bits per heavy atom. The highest BCUT2D eigenvalue weighted by atomic mass is 127. The average Bonchev–Trinajstić information content (AvgIpc) is 2.67. The fourth-order valence-corrected chi connectivity index (χ4v) is 2.90. The summed E-state index contributed by atoms with van der Waals surface area (Å²) in [5.41, 5.74) is 0.330. The van der Waals surface area contributed by atoms with E-state index in [4.69, 9.17) is 4.74 Å². The SMILES string of the molecule is CN=C(NCCCCc1ccc(C(F)(F)F)cc1)NCCN1CCOCC1.I. The number of unbranched alkanes of at least 4 members (excludes halogenated alkanes) is 1. The van der Waals surface area contributed by atoms with Gasteiger partial charge in [-0.15, -0.1) is 24.0 Å². The number of nitrogens with zero attached hydrogens (tertiary/aromatic N) is 2. The fraction of sp³-hybridized carbons (Fsp3) is 0.632. The number of morpholine rings is 1. The fourth-order valence-electron chi connectivity index (χ4n) is 2.90. The first-order valence-electron chi connectivity index (χ1n) is 9.40. The molecule has 0 aromatic heterocycles. The molecule has 1 saturated heterocycles. The number of hydrogen-bond donors (Lipinski definition) is 2. The lowest BCUT2D eigenvalue weighted by atomic mass is 10.1. The molecule has 0 atom stereocenters. The van der Waals surface area contributed by atoms with Crippen LogP contribution in [-0.4, -0.2) is 63.8 Å². The lowest BCUT2D eigenvalue weighted by molar-refractivity contribution is -0.137. The van der Waals surface area contributed by atoms with Crippen LogP contribution in [0.4, 0.5) is 13.2 Å². The van der Waals surface area contributed by atoms with E-state index in [2.05, 4.69) is 20.5 Å². The molecule has 0 spiro atoms. The highest BCUT2D eigenvalue weighted by Crippen LogP contribution is 2.29. The van der Waals surface area contributed by atoms with Crippen molar-refractivity contribution in [3.63, 3.8) is 0 Å². The van der Waals surface area contributed by atoms with E-state index < -0.39 is 11.7 Å². The van der Waals surface area contributed by atoms with Crippen LogP contribution in [0.1, 0.15) is 24.0 Å². The van der Waals surface area contributed by atoms with Crippen LogP contribution in [0.2, 0.25) is 0 Å². The van der Waals surface area contributed by atoms with Crippen molar-refractivity contribution in [1.29, 1.82) is 0 Å². The van der Waals surface area contributed by atoms with Gasteiger partial charge >= 0.3 is 6.18 Å². The molecule has 28 heavy (non-hydrogen) atoms. The van der Waals surface area contributed by atoms with Crippen LogP contribution in [0, 0.1) is 0 Å². The van der Waals surface area contributed by atoms with Crippen molar-refractivity contribution in [2.75, 3.05) is 53.0 Å². The molecule has 2 rings (SSSR count). The third kappa shape index (κ3) is 9.42. The third-order valence-electron chi connectivity index (χ3n) is 4.51. The van der Waals surface area contributed by atoms with Crippen LogP contribution in [0.25, 0.3) is 0 Å². The molecule has 0 amide bonds. The average molecular weight is 514 g/mol. The van der Waals surface area contributed by atoms with Crippen LogP contribution in [0.3, 0.4) is 0 Å². The Bertz CT molecular complexity index is 576. The Morgan fingerprint density at radius 2 is 1.71 bits per heavy atom. The summed E-state index contributed by atoms with van der Waals surface area (Å²) >= 11 is 0. The van der Waals surface area contributed by atoms with E-state index in [9.17, 15) is 13.2 Å². The number of benzene rings is 1. The third-order valence-corrected chi connectivity index (χ3v) is 4.51. The molecular weight excluding hydrogens is 484 g/mol. The van der Waals surface area contributed by atoms with E-state index in [1.165, 1.54) is 0 Å². The molecule has 0 bridgehead atoms. The quantitative estimate of drug-likeness (QED) is 0.242. The molecule has 0 aliphatic carbocycles. The van der Waals surface area contributed by atoms with Crippen molar-refractivity contribution >= 4 is 29.9 Å². The maximum absolute atomic E-state index is 12.5. The van der Waals surface area contributed by atoms with E-state index in [0.29, 0.717) is 0 Å². The van der Waals surface area contributed by atoms with Crippen molar-refractivity contribution in [3.05, 3.63) is 35.4 Å². The summed E-state index contributed by atoms with van der Waals surface area (Å²) < 4.78 is 43.0. The number of aryl methyl sites for hydroxylation is 1. The molecule has 2 N–H and O–H groups in total. The first-order chi connectivity index (χ1) is 13.0. The van der Waals surface area contributed by atoms with Gasteiger partial charge in [0.15, 0.2) is 5.96 Å². The van der Waals surface area contributed by atoms with Gasteiger partial charge in [0, 0.05) is 39.8 Å². The zero-order chi connectivity index (χ0) is 19.5. The summed E-state index contributed by atoms with van der Waals surface area (Å²) in [7, 11) is 1.74. The number of nitrogens with one attached hydrogen (secondary N) is 2. The molecule has 1 heterocycles. The number of rotatable bonds is 8. The van der Waals surface area contributed by atoms with E-state index in [1.807, 2.05) is 0 Å². The normalized spacial score (nSPS) is 15.8. The first kappa shape index (κ1) is 25.0. The Morgan fingerprint density at radius 1 is 1.07 bits per heavy atom. The molecule has 1 fully saturated rings. The van der Waals surface area contributed by atoms with Gasteiger partial charge in [-0.1, -0.05) is 12.1 Å². The van der Waals surface area contributed by atoms with Gasteiger partial charge < -0.3 is 15.4 Å². The standard InChI is InChI=1S/C19H29F3N4O.HI/c1-23-18(25-10-11-26-12-14-27-15-13-26)24-9-3-2-4-16-5-7-17(8-6-16)19(20,21)22;/h5-8H,2-4,9-15H2,1H3,(H2,23,24,25);1H. The Balaban J connectivity index is 0.00000392. The highest BCUT2D eigenvalue weighted by Gasteiger charge is 2.29. The number of ether oxygens (including phenoxy) is 1. The molecule has 0 unspecified atom stereocenters. The van der Waals surface area contributed by atoms with E-state index in [0.717, 1.165) is 88.9 Å². The van der Waals surface area contributed by atoms with Crippen LogP contribution in [0.15, 0.2) is 29.3 Å². The summed E-state index contributed by atoms with van der Waals surface area (Å²) in [5, 5.41) is 6.56. The van der Waals surface area contributed by atoms with E-state index in [-0.39, 0.29) is 24.0 Å². The van der Waals surface area contributed by atoms with Crippen LogP contribution in [-0.2, 0) is 17.3 Å². The predicted molar refractivity (Wildman–Crippen MR) is 116 cm³/mol. The van der Waals surface area contributed by atoms with Crippen LogP contribution in [0.5, 0.6) is 0 Å². The minimum Gasteiger partial charge on any atom is -0.379 e. The second-order valence-electron chi connectivity index (χ2n) is 6.53. The van der Waals surface area contributed by atoms with Gasteiger partial charge in [0.25, 0.3) is 0 Å². The van der Waals surface area contributed by atoms with E-state index in [1.54, 1.807) is 19.2 Å². The molecule has 1 aromatic carbocycles. The van der Waals surface area contributed by atoms with E-state index >= 15 is 0 Å². The predicted octanol–water partition coefficient (Wildman–Crippen LogP) is 3.14. The van der Waals surface area contributed by atoms with Gasteiger partial charge in [0.1, 0.15) is 0 Å². The summed E-state index contributed by atoms with van der Waals surface area (Å²) in [6.07, 6.45) is -1.68. The first-order valence-corrected chi connectivity index (χ1v) is 9.40. The molecule has 5 nitrogen and oxygen atoms in total. The minimum absolute atomic E-state index is 0. The minimum atomic E-state index is -4.27. The highest BCUT2D eigenvalue weighted by molar-refractivity contribution is 14.0. The number of aliphatic imine (C=N–C) groups is 1. The molecule has 1 aliphatic rings. The molecule has 0 saturated carbocycles. The summed E-state index contributed by atoms with van der Waals surface area (Å²) in [4.78, 5) is 6.56. The summed E-state index contributed by atoms with van der Waals surface area (Å²) in [6.45, 7) is 6.09. The van der Waals surface area contributed by atoms with Gasteiger partial charge in [-0.05, 0) is 37.0 Å². The maximum Gasteiger partial charge on any atom is 0.416 e. The second kappa shape index (κ2) is 13.2. The number of hydrogen-bond acceptors (Lipinski definition) is 3. The maximum atomic E-state index is 12.5. The van der Waals surface area contributed by atoms with Crippen LogP contribution >= 0.6 is 24.0 Å². The summed E-state index contributed by atoms with van der Waals surface area (Å²) in [5.74, 6) is 0.776. The monoisotopic (exact) mass is 514 g/mol. The zero-order valence-corrected chi connectivity index (χ0v) is 18.6.